The van der Waals surface area contributed by atoms with Gasteiger partial charge in [0.1, 0.15) is 11.5 Å². The molecule has 196 valence electrons. The summed E-state index contributed by atoms with van der Waals surface area (Å²) in [6.45, 7) is 13.3. The molecule has 8 nitrogen and oxygen atoms in total. The van der Waals surface area contributed by atoms with Gasteiger partial charge in [0.05, 0.1) is 11.6 Å². The smallest absolute Gasteiger partial charge is 0.421 e. The summed E-state index contributed by atoms with van der Waals surface area (Å²) in [5.74, 6) is 1.30. The lowest BCUT2D eigenvalue weighted by Crippen LogP contribution is -2.31. The monoisotopic (exact) mass is 532 g/mol. The number of thiazole rings is 1. The van der Waals surface area contributed by atoms with Crippen LogP contribution in [0.4, 0.5) is 4.79 Å². The highest BCUT2D eigenvalue weighted by Crippen LogP contribution is 2.33. The first-order chi connectivity index (χ1) is 16.9. The summed E-state index contributed by atoms with van der Waals surface area (Å²) in [5.41, 5.74) is 1.99. The normalized spacial score (nSPS) is 12.2. The fourth-order valence-corrected chi connectivity index (χ4v) is 6.36. The van der Waals surface area contributed by atoms with E-state index in [1.807, 2.05) is 42.1 Å². The number of nitrogens with one attached hydrogen (secondary N) is 1. The zero-order chi connectivity index (χ0) is 26.5. The van der Waals surface area contributed by atoms with Crippen LogP contribution in [0.5, 0.6) is 0 Å². The molecule has 0 bridgehead atoms. The Morgan fingerprint density at radius 3 is 2.50 bits per heavy atom. The van der Waals surface area contributed by atoms with Crippen LogP contribution in [0.3, 0.4) is 0 Å². The minimum atomic E-state index is -4.14. The molecule has 0 fully saturated rings. The van der Waals surface area contributed by atoms with Gasteiger partial charge in [-0.15, -0.1) is 11.3 Å². The van der Waals surface area contributed by atoms with E-state index in [-0.39, 0.29) is 16.2 Å². The molecule has 3 rings (SSSR count). The van der Waals surface area contributed by atoms with Gasteiger partial charge in [-0.2, -0.15) is 0 Å². The van der Waals surface area contributed by atoms with Crippen molar-refractivity contribution >= 4 is 27.5 Å². The summed E-state index contributed by atoms with van der Waals surface area (Å²) >= 11 is 1.09. The quantitative estimate of drug-likeness (QED) is 0.333. The van der Waals surface area contributed by atoms with E-state index < -0.39 is 16.1 Å². The molecule has 36 heavy (non-hydrogen) atoms. The molecule has 0 unspecified atom stereocenters. The molecule has 1 amide bonds. The Balaban J connectivity index is 1.89. The molecule has 0 atom stereocenters. The Bertz CT molecular complexity index is 1270. The SMILES string of the molecule is CCCCOC(=O)NS(=O)(=O)c1sc(CC(C)C)nc1-c1ccc(Cn2ccnc2C(C)(C)C)cc1. The number of carbonyl (C=O) groups is 1. The summed E-state index contributed by atoms with van der Waals surface area (Å²) in [6, 6.07) is 7.67. The van der Waals surface area contributed by atoms with E-state index in [1.54, 1.807) is 6.20 Å². The van der Waals surface area contributed by atoms with E-state index >= 15 is 0 Å². The van der Waals surface area contributed by atoms with Crippen LogP contribution in [0.15, 0.2) is 40.9 Å². The molecular weight excluding hydrogens is 496 g/mol. The number of hydrogen-bond acceptors (Lipinski definition) is 7. The van der Waals surface area contributed by atoms with Gasteiger partial charge in [-0.25, -0.2) is 27.9 Å². The molecule has 0 saturated heterocycles. The maximum absolute atomic E-state index is 13.1. The molecule has 2 heterocycles. The van der Waals surface area contributed by atoms with E-state index in [0.29, 0.717) is 41.6 Å². The number of unbranched alkanes of at least 4 members (excludes halogenated alkanes) is 1. The Labute approximate surface area is 218 Å². The van der Waals surface area contributed by atoms with Gasteiger partial charge >= 0.3 is 6.09 Å². The third-order valence-corrected chi connectivity index (χ3v) is 8.28. The van der Waals surface area contributed by atoms with Crippen molar-refractivity contribution in [1.82, 2.24) is 19.3 Å². The molecule has 1 N–H and O–H groups in total. The molecule has 0 saturated carbocycles. The second-order valence-electron chi connectivity index (χ2n) is 10.3. The molecule has 3 aromatic rings. The molecule has 0 radical (unpaired) electrons. The zero-order valence-electron chi connectivity index (χ0n) is 21.9. The van der Waals surface area contributed by atoms with Gasteiger partial charge in [-0.1, -0.05) is 72.2 Å². The van der Waals surface area contributed by atoms with Gasteiger partial charge in [-0.05, 0) is 17.9 Å². The minimum absolute atomic E-state index is 0.0166. The van der Waals surface area contributed by atoms with Crippen molar-refractivity contribution in [3.63, 3.8) is 0 Å². The average molecular weight is 533 g/mol. The maximum Gasteiger partial charge on any atom is 0.421 e. The lowest BCUT2D eigenvalue weighted by Gasteiger charge is -2.19. The molecule has 10 heteroatoms. The second-order valence-corrected chi connectivity index (χ2v) is 13.2. The van der Waals surface area contributed by atoms with Crippen molar-refractivity contribution in [3.8, 4) is 11.3 Å². The number of hydrogen-bond donors (Lipinski definition) is 1. The first-order valence-corrected chi connectivity index (χ1v) is 14.5. The Hall–Kier alpha value is -2.72. The Morgan fingerprint density at radius 1 is 1.19 bits per heavy atom. The highest BCUT2D eigenvalue weighted by Gasteiger charge is 2.28. The standard InChI is InChI=1S/C26H36N4O4S2/c1-7-8-15-34-25(31)29-36(32,33)23-22(28-21(35-23)16-18(2)3)20-11-9-19(10-12-20)17-30-14-13-27-24(30)26(4,5)6/h9-14,18H,7-8,15-17H2,1-6H3,(H,29,31). The number of benzene rings is 1. The van der Waals surface area contributed by atoms with Gasteiger partial charge in [0.2, 0.25) is 0 Å². The number of amides is 1. The van der Waals surface area contributed by atoms with Crippen molar-refractivity contribution in [3.05, 3.63) is 53.1 Å². The number of carbonyl (C=O) groups excluding carboxylic acids is 1. The minimum Gasteiger partial charge on any atom is -0.449 e. The molecule has 0 aliphatic rings. The average Bonchev–Trinajstić information content (AvgIpc) is 3.41. The molecule has 0 aliphatic carbocycles. The summed E-state index contributed by atoms with van der Waals surface area (Å²) in [5, 5.41) is 0.706. The van der Waals surface area contributed by atoms with E-state index in [4.69, 9.17) is 4.74 Å². The van der Waals surface area contributed by atoms with Crippen LogP contribution < -0.4 is 4.72 Å². The molecular formula is C26H36N4O4S2. The largest absolute Gasteiger partial charge is 0.449 e. The number of ether oxygens (including phenoxy) is 1. The zero-order valence-corrected chi connectivity index (χ0v) is 23.5. The van der Waals surface area contributed by atoms with Crippen LogP contribution in [-0.4, -0.2) is 35.7 Å². The highest BCUT2D eigenvalue weighted by molar-refractivity contribution is 7.92. The van der Waals surface area contributed by atoms with E-state index in [1.165, 1.54) is 0 Å². The van der Waals surface area contributed by atoms with Crippen LogP contribution in [0.2, 0.25) is 0 Å². The molecule has 1 aromatic carbocycles. The lowest BCUT2D eigenvalue weighted by atomic mass is 9.95. The summed E-state index contributed by atoms with van der Waals surface area (Å²) in [7, 11) is -4.14. The highest BCUT2D eigenvalue weighted by atomic mass is 32.2. The number of sulfonamides is 1. The second kappa shape index (κ2) is 11.6. The first kappa shape index (κ1) is 27.9. The van der Waals surface area contributed by atoms with Crippen LogP contribution in [-0.2, 0) is 33.1 Å². The van der Waals surface area contributed by atoms with Crippen molar-refractivity contribution in [2.45, 2.75) is 77.0 Å². The number of rotatable bonds is 10. The third-order valence-electron chi connectivity index (χ3n) is 5.38. The van der Waals surface area contributed by atoms with Gasteiger partial charge in [0.15, 0.2) is 4.21 Å². The number of aromatic nitrogens is 3. The lowest BCUT2D eigenvalue weighted by molar-refractivity contribution is 0.151. The molecule has 2 aromatic heterocycles. The maximum atomic E-state index is 13.1. The first-order valence-electron chi connectivity index (χ1n) is 12.2. The fourth-order valence-electron chi connectivity index (χ4n) is 3.69. The number of nitrogens with zero attached hydrogens (tertiary/aromatic N) is 3. The van der Waals surface area contributed by atoms with E-state index in [0.717, 1.165) is 29.1 Å². The predicted octanol–water partition coefficient (Wildman–Crippen LogP) is 5.77. The fraction of sp³-hybridized carbons (Fsp3) is 0.500. The van der Waals surface area contributed by atoms with E-state index in [2.05, 4.69) is 49.2 Å². The molecule has 0 aliphatic heterocycles. The van der Waals surface area contributed by atoms with Gasteiger partial charge in [0.25, 0.3) is 10.0 Å². The summed E-state index contributed by atoms with van der Waals surface area (Å²) in [4.78, 5) is 21.3. The van der Waals surface area contributed by atoms with Crippen LogP contribution in [0.1, 0.15) is 70.8 Å². The van der Waals surface area contributed by atoms with Crippen molar-refractivity contribution in [1.29, 1.82) is 0 Å². The van der Waals surface area contributed by atoms with Gasteiger partial charge in [-0.3, -0.25) is 0 Å². The topological polar surface area (TPSA) is 103 Å². The third kappa shape index (κ3) is 7.16. The van der Waals surface area contributed by atoms with Crippen LogP contribution in [0, 0.1) is 5.92 Å². The Morgan fingerprint density at radius 2 is 1.89 bits per heavy atom. The van der Waals surface area contributed by atoms with E-state index in [9.17, 15) is 13.2 Å². The number of imidazole rings is 1. The van der Waals surface area contributed by atoms with Gasteiger partial charge in [0, 0.05) is 36.3 Å². The summed E-state index contributed by atoms with van der Waals surface area (Å²) < 4.78 is 35.4. The Kier molecular flexibility index (Phi) is 8.94. The van der Waals surface area contributed by atoms with Crippen LogP contribution in [0.25, 0.3) is 11.3 Å². The van der Waals surface area contributed by atoms with Crippen molar-refractivity contribution in [2.75, 3.05) is 6.61 Å². The van der Waals surface area contributed by atoms with Gasteiger partial charge < -0.3 is 9.30 Å². The predicted molar refractivity (Wildman–Crippen MR) is 143 cm³/mol. The van der Waals surface area contributed by atoms with Crippen molar-refractivity contribution in [2.24, 2.45) is 5.92 Å². The molecule has 0 spiro atoms. The van der Waals surface area contributed by atoms with Crippen LogP contribution >= 0.6 is 11.3 Å². The van der Waals surface area contributed by atoms with Crippen molar-refractivity contribution < 1.29 is 17.9 Å². The summed E-state index contributed by atoms with van der Waals surface area (Å²) in [6.07, 6.45) is 4.94.